The molecule has 0 spiro atoms. The summed E-state index contributed by atoms with van der Waals surface area (Å²) in [6.45, 7) is 2.91. The first-order valence-corrected chi connectivity index (χ1v) is 4.73. The van der Waals surface area contributed by atoms with Gasteiger partial charge in [-0.15, -0.1) is 10.2 Å². The molecule has 2 aromatic rings. The van der Waals surface area contributed by atoms with Gasteiger partial charge in [-0.2, -0.15) is 4.80 Å². The molecule has 0 amide bonds. The summed E-state index contributed by atoms with van der Waals surface area (Å²) >= 11 is 0. The van der Waals surface area contributed by atoms with Crippen LogP contribution in [0.1, 0.15) is 13.3 Å². The third kappa shape index (κ3) is 1.79. The van der Waals surface area contributed by atoms with Gasteiger partial charge in [-0.1, -0.05) is 37.3 Å². The molecule has 0 saturated heterocycles. The standard InChI is InChI=1S/C10H12N4/c1-2-8-14-12-10(11-13-14)9-6-4-3-5-7-9/h3-7H,2,8H2,1H3. The largest absolute Gasteiger partial charge is 0.204 e. The number of rotatable bonds is 3. The van der Waals surface area contributed by atoms with Crippen molar-refractivity contribution >= 4 is 0 Å². The second kappa shape index (κ2) is 4.00. The van der Waals surface area contributed by atoms with E-state index in [1.807, 2.05) is 30.3 Å². The highest BCUT2D eigenvalue weighted by Crippen LogP contribution is 2.11. The summed E-state index contributed by atoms with van der Waals surface area (Å²) in [4.78, 5) is 1.63. The number of hydrogen-bond donors (Lipinski definition) is 0. The first kappa shape index (κ1) is 8.87. The number of tetrazole rings is 1. The number of aromatic nitrogens is 4. The topological polar surface area (TPSA) is 43.6 Å². The lowest BCUT2D eigenvalue weighted by Gasteiger charge is -1.92. The molecule has 0 bridgehead atoms. The Morgan fingerprint density at radius 3 is 2.71 bits per heavy atom. The number of nitrogens with zero attached hydrogens (tertiary/aromatic N) is 4. The van der Waals surface area contributed by atoms with Crippen LogP contribution in [0.5, 0.6) is 0 Å². The molecular formula is C10H12N4. The van der Waals surface area contributed by atoms with Crippen LogP contribution in [0.15, 0.2) is 30.3 Å². The van der Waals surface area contributed by atoms with Crippen LogP contribution in [0.2, 0.25) is 0 Å². The van der Waals surface area contributed by atoms with Gasteiger partial charge < -0.3 is 0 Å². The van der Waals surface area contributed by atoms with Crippen LogP contribution < -0.4 is 0 Å². The third-order valence-electron chi connectivity index (χ3n) is 1.91. The SMILES string of the molecule is CCCn1nnc(-c2ccccc2)n1. The van der Waals surface area contributed by atoms with Crippen molar-refractivity contribution in [3.63, 3.8) is 0 Å². The normalized spacial score (nSPS) is 10.4. The molecule has 0 atom stereocenters. The van der Waals surface area contributed by atoms with E-state index >= 15 is 0 Å². The maximum absolute atomic E-state index is 4.26. The number of benzene rings is 1. The monoisotopic (exact) mass is 188 g/mol. The fourth-order valence-corrected chi connectivity index (χ4v) is 1.24. The fourth-order valence-electron chi connectivity index (χ4n) is 1.24. The lowest BCUT2D eigenvalue weighted by molar-refractivity contribution is 0.515. The summed E-state index contributed by atoms with van der Waals surface area (Å²) in [5.41, 5.74) is 1.01. The van der Waals surface area contributed by atoms with Crippen LogP contribution in [-0.2, 0) is 6.54 Å². The fraction of sp³-hybridized carbons (Fsp3) is 0.300. The van der Waals surface area contributed by atoms with Gasteiger partial charge in [-0.05, 0) is 11.6 Å². The average molecular weight is 188 g/mol. The molecule has 72 valence electrons. The Labute approximate surface area is 82.6 Å². The van der Waals surface area contributed by atoms with E-state index in [0.29, 0.717) is 5.82 Å². The van der Waals surface area contributed by atoms with Crippen molar-refractivity contribution in [2.45, 2.75) is 19.9 Å². The second-order valence-corrected chi connectivity index (χ2v) is 3.07. The summed E-state index contributed by atoms with van der Waals surface area (Å²) in [5, 5.41) is 12.2. The third-order valence-corrected chi connectivity index (χ3v) is 1.91. The lowest BCUT2D eigenvalue weighted by atomic mass is 10.2. The Hall–Kier alpha value is -1.71. The van der Waals surface area contributed by atoms with E-state index < -0.39 is 0 Å². The highest BCUT2D eigenvalue weighted by atomic mass is 15.6. The first-order chi connectivity index (χ1) is 6.90. The molecule has 4 heteroatoms. The first-order valence-electron chi connectivity index (χ1n) is 4.73. The summed E-state index contributed by atoms with van der Waals surface area (Å²) in [7, 11) is 0. The molecule has 14 heavy (non-hydrogen) atoms. The zero-order valence-electron chi connectivity index (χ0n) is 8.09. The van der Waals surface area contributed by atoms with Crippen molar-refractivity contribution in [1.29, 1.82) is 0 Å². The Kier molecular flexibility index (Phi) is 2.53. The summed E-state index contributed by atoms with van der Waals surface area (Å²) in [5.74, 6) is 0.694. The predicted octanol–water partition coefficient (Wildman–Crippen LogP) is 1.75. The molecule has 0 N–H and O–H groups in total. The van der Waals surface area contributed by atoms with Crippen molar-refractivity contribution < 1.29 is 0 Å². The number of hydrogen-bond acceptors (Lipinski definition) is 3. The summed E-state index contributed by atoms with van der Waals surface area (Å²) in [6, 6.07) is 9.87. The Bertz CT molecular complexity index is 394. The summed E-state index contributed by atoms with van der Waals surface area (Å²) < 4.78 is 0. The van der Waals surface area contributed by atoms with E-state index in [0.717, 1.165) is 18.5 Å². The van der Waals surface area contributed by atoms with Crippen molar-refractivity contribution in [2.24, 2.45) is 0 Å². The van der Waals surface area contributed by atoms with Gasteiger partial charge in [0.05, 0.1) is 6.54 Å². The molecule has 0 unspecified atom stereocenters. The highest BCUT2D eigenvalue weighted by Gasteiger charge is 2.03. The van der Waals surface area contributed by atoms with Crippen LogP contribution in [0, 0.1) is 0 Å². The van der Waals surface area contributed by atoms with E-state index in [2.05, 4.69) is 22.3 Å². The van der Waals surface area contributed by atoms with E-state index in [-0.39, 0.29) is 0 Å². The maximum atomic E-state index is 4.26. The Balaban J connectivity index is 2.25. The van der Waals surface area contributed by atoms with Crippen molar-refractivity contribution in [1.82, 2.24) is 20.2 Å². The molecule has 1 heterocycles. The van der Waals surface area contributed by atoms with Crippen molar-refractivity contribution in [3.05, 3.63) is 30.3 Å². The molecule has 1 aromatic carbocycles. The molecule has 2 rings (SSSR count). The molecule has 0 aliphatic rings. The van der Waals surface area contributed by atoms with E-state index in [4.69, 9.17) is 0 Å². The minimum absolute atomic E-state index is 0.694. The lowest BCUT2D eigenvalue weighted by Crippen LogP contribution is -2.00. The van der Waals surface area contributed by atoms with E-state index in [1.165, 1.54) is 0 Å². The molecular weight excluding hydrogens is 176 g/mol. The van der Waals surface area contributed by atoms with E-state index in [9.17, 15) is 0 Å². The van der Waals surface area contributed by atoms with Crippen molar-refractivity contribution in [3.8, 4) is 11.4 Å². The smallest absolute Gasteiger partial charge is 0.164 e. The predicted molar refractivity (Wildman–Crippen MR) is 53.5 cm³/mol. The molecule has 4 nitrogen and oxygen atoms in total. The van der Waals surface area contributed by atoms with Gasteiger partial charge in [0.25, 0.3) is 0 Å². The molecule has 0 aliphatic heterocycles. The Morgan fingerprint density at radius 1 is 1.21 bits per heavy atom. The zero-order chi connectivity index (χ0) is 9.80. The van der Waals surface area contributed by atoms with Gasteiger partial charge in [0, 0.05) is 5.56 Å². The molecule has 1 aromatic heterocycles. The maximum Gasteiger partial charge on any atom is 0.204 e. The molecule has 0 aliphatic carbocycles. The molecule has 0 fully saturated rings. The highest BCUT2D eigenvalue weighted by molar-refractivity contribution is 5.52. The van der Waals surface area contributed by atoms with Gasteiger partial charge in [0.15, 0.2) is 0 Å². The van der Waals surface area contributed by atoms with E-state index in [1.54, 1.807) is 4.80 Å². The quantitative estimate of drug-likeness (QED) is 0.737. The van der Waals surface area contributed by atoms with Crippen LogP contribution >= 0.6 is 0 Å². The van der Waals surface area contributed by atoms with Gasteiger partial charge in [-0.3, -0.25) is 0 Å². The minimum Gasteiger partial charge on any atom is -0.164 e. The van der Waals surface area contributed by atoms with Crippen LogP contribution in [-0.4, -0.2) is 20.2 Å². The number of aryl methyl sites for hydroxylation is 1. The molecule has 0 saturated carbocycles. The minimum atomic E-state index is 0.694. The van der Waals surface area contributed by atoms with Crippen LogP contribution in [0.4, 0.5) is 0 Å². The van der Waals surface area contributed by atoms with Crippen molar-refractivity contribution in [2.75, 3.05) is 0 Å². The van der Waals surface area contributed by atoms with Gasteiger partial charge in [0.1, 0.15) is 0 Å². The molecule has 0 radical (unpaired) electrons. The summed E-state index contributed by atoms with van der Waals surface area (Å²) in [6.07, 6.45) is 1.02. The van der Waals surface area contributed by atoms with Crippen LogP contribution in [0.3, 0.4) is 0 Å². The van der Waals surface area contributed by atoms with Crippen LogP contribution in [0.25, 0.3) is 11.4 Å². The zero-order valence-corrected chi connectivity index (χ0v) is 8.09. The van der Waals surface area contributed by atoms with Gasteiger partial charge >= 0.3 is 0 Å². The Morgan fingerprint density at radius 2 is 2.00 bits per heavy atom. The second-order valence-electron chi connectivity index (χ2n) is 3.07. The average Bonchev–Trinajstić information content (AvgIpc) is 2.68. The van der Waals surface area contributed by atoms with Gasteiger partial charge in [-0.25, -0.2) is 0 Å². The van der Waals surface area contributed by atoms with Gasteiger partial charge in [0.2, 0.25) is 5.82 Å².